The van der Waals surface area contributed by atoms with Crippen LogP contribution in [-0.4, -0.2) is 19.7 Å². The van der Waals surface area contributed by atoms with Gasteiger partial charge in [0.15, 0.2) is 5.82 Å². The number of hydrogen-bond donors (Lipinski definition) is 1. The van der Waals surface area contributed by atoms with Crippen LogP contribution in [0.1, 0.15) is 5.56 Å². The molecule has 2 rings (SSSR count). The SMILES string of the molecule is Cn1cc(-c2ncc(C#N)c(N)n2)cn1. The van der Waals surface area contributed by atoms with E-state index in [0.717, 1.165) is 5.56 Å². The van der Waals surface area contributed by atoms with Gasteiger partial charge in [-0.3, -0.25) is 4.68 Å². The van der Waals surface area contributed by atoms with Gasteiger partial charge in [0.1, 0.15) is 17.5 Å². The topological polar surface area (TPSA) is 93.4 Å². The minimum Gasteiger partial charge on any atom is -0.382 e. The molecule has 0 aliphatic carbocycles. The number of anilines is 1. The fraction of sp³-hybridized carbons (Fsp3) is 0.111. The van der Waals surface area contributed by atoms with Gasteiger partial charge in [-0.2, -0.15) is 10.4 Å². The normalized spacial score (nSPS) is 9.87. The third kappa shape index (κ3) is 1.62. The van der Waals surface area contributed by atoms with Crippen LogP contribution in [0.5, 0.6) is 0 Å². The van der Waals surface area contributed by atoms with Gasteiger partial charge in [0.05, 0.1) is 18.0 Å². The molecule has 2 heterocycles. The van der Waals surface area contributed by atoms with E-state index in [2.05, 4.69) is 15.1 Å². The fourth-order valence-corrected chi connectivity index (χ4v) is 1.16. The van der Waals surface area contributed by atoms with Gasteiger partial charge in [-0.05, 0) is 0 Å². The summed E-state index contributed by atoms with van der Waals surface area (Å²) in [6, 6.07) is 1.91. The maximum atomic E-state index is 8.66. The van der Waals surface area contributed by atoms with Gasteiger partial charge in [-0.1, -0.05) is 0 Å². The van der Waals surface area contributed by atoms with E-state index in [0.29, 0.717) is 5.82 Å². The fourth-order valence-electron chi connectivity index (χ4n) is 1.16. The van der Waals surface area contributed by atoms with Crippen LogP contribution in [0.25, 0.3) is 11.4 Å². The van der Waals surface area contributed by atoms with E-state index in [1.54, 1.807) is 24.1 Å². The van der Waals surface area contributed by atoms with E-state index in [4.69, 9.17) is 11.0 Å². The van der Waals surface area contributed by atoms with Gasteiger partial charge in [-0.25, -0.2) is 9.97 Å². The third-order valence-electron chi connectivity index (χ3n) is 1.90. The summed E-state index contributed by atoms with van der Waals surface area (Å²) >= 11 is 0. The van der Waals surface area contributed by atoms with Crippen LogP contribution in [-0.2, 0) is 7.05 Å². The smallest absolute Gasteiger partial charge is 0.164 e. The van der Waals surface area contributed by atoms with Gasteiger partial charge < -0.3 is 5.73 Å². The lowest BCUT2D eigenvalue weighted by Crippen LogP contribution is -1.98. The zero-order valence-corrected chi connectivity index (χ0v) is 8.05. The second kappa shape index (κ2) is 3.38. The highest BCUT2D eigenvalue weighted by molar-refractivity contribution is 5.57. The Hall–Kier alpha value is -2.42. The van der Waals surface area contributed by atoms with Crippen LogP contribution in [0.4, 0.5) is 5.82 Å². The van der Waals surface area contributed by atoms with Crippen molar-refractivity contribution in [2.45, 2.75) is 0 Å². The molecule has 0 radical (unpaired) electrons. The molecule has 0 saturated heterocycles. The van der Waals surface area contributed by atoms with Gasteiger partial charge in [-0.15, -0.1) is 0 Å². The van der Waals surface area contributed by atoms with Crippen molar-refractivity contribution in [1.82, 2.24) is 19.7 Å². The highest BCUT2D eigenvalue weighted by atomic mass is 15.2. The first-order chi connectivity index (χ1) is 7.20. The van der Waals surface area contributed by atoms with Gasteiger partial charge in [0, 0.05) is 13.2 Å². The van der Waals surface area contributed by atoms with Crippen molar-refractivity contribution in [3.63, 3.8) is 0 Å². The van der Waals surface area contributed by atoms with Crippen LogP contribution < -0.4 is 5.73 Å². The first-order valence-electron chi connectivity index (χ1n) is 4.22. The van der Waals surface area contributed by atoms with E-state index in [1.165, 1.54) is 6.20 Å². The summed E-state index contributed by atoms with van der Waals surface area (Å²) in [5.41, 5.74) is 6.63. The summed E-state index contributed by atoms with van der Waals surface area (Å²) in [5.74, 6) is 0.658. The first-order valence-corrected chi connectivity index (χ1v) is 4.22. The Labute approximate surface area is 86.0 Å². The summed E-state index contributed by atoms with van der Waals surface area (Å²) in [6.07, 6.45) is 4.83. The second-order valence-corrected chi connectivity index (χ2v) is 3.01. The summed E-state index contributed by atoms with van der Waals surface area (Å²) in [4.78, 5) is 8.05. The van der Waals surface area contributed by atoms with E-state index >= 15 is 0 Å². The molecule has 6 heteroatoms. The second-order valence-electron chi connectivity index (χ2n) is 3.01. The van der Waals surface area contributed by atoms with Gasteiger partial charge >= 0.3 is 0 Å². The molecule has 2 aromatic heterocycles. The summed E-state index contributed by atoms with van der Waals surface area (Å²) in [5, 5.41) is 12.7. The maximum absolute atomic E-state index is 8.66. The van der Waals surface area contributed by atoms with Crippen molar-refractivity contribution in [2.75, 3.05) is 5.73 Å². The molecule has 0 fully saturated rings. The molecule has 0 saturated carbocycles. The van der Waals surface area contributed by atoms with Crippen molar-refractivity contribution in [1.29, 1.82) is 5.26 Å². The molecule has 6 nitrogen and oxygen atoms in total. The van der Waals surface area contributed by atoms with E-state index < -0.39 is 0 Å². The zero-order chi connectivity index (χ0) is 10.8. The number of nitriles is 1. The number of nitrogens with zero attached hydrogens (tertiary/aromatic N) is 5. The Balaban J connectivity index is 2.48. The summed E-state index contributed by atoms with van der Waals surface area (Å²) < 4.78 is 1.65. The standard InChI is InChI=1S/C9H8N6/c1-15-5-7(4-13-15)9-12-3-6(2-10)8(11)14-9/h3-5H,1H3,(H2,11,12,14). The van der Waals surface area contributed by atoms with E-state index in [1.807, 2.05) is 6.07 Å². The Kier molecular flexibility index (Phi) is 2.06. The van der Waals surface area contributed by atoms with Crippen molar-refractivity contribution >= 4 is 5.82 Å². The van der Waals surface area contributed by atoms with Gasteiger partial charge in [0.2, 0.25) is 0 Å². The summed E-state index contributed by atoms with van der Waals surface area (Å²) in [6.45, 7) is 0. The lowest BCUT2D eigenvalue weighted by Gasteiger charge is -1.98. The molecule has 2 N–H and O–H groups in total. The predicted molar refractivity (Wildman–Crippen MR) is 53.4 cm³/mol. The Bertz CT molecular complexity index is 536. The van der Waals surface area contributed by atoms with Crippen LogP contribution in [0.2, 0.25) is 0 Å². The highest BCUT2D eigenvalue weighted by Gasteiger charge is 2.06. The molecule has 74 valence electrons. The van der Waals surface area contributed by atoms with Crippen molar-refractivity contribution in [2.24, 2.45) is 7.05 Å². The minimum absolute atomic E-state index is 0.186. The van der Waals surface area contributed by atoms with Crippen LogP contribution in [0, 0.1) is 11.3 Å². The van der Waals surface area contributed by atoms with Crippen molar-refractivity contribution in [3.05, 3.63) is 24.2 Å². The molecule has 0 bridgehead atoms. The van der Waals surface area contributed by atoms with Crippen LogP contribution in [0.3, 0.4) is 0 Å². The monoisotopic (exact) mass is 200 g/mol. The minimum atomic E-state index is 0.186. The van der Waals surface area contributed by atoms with Crippen molar-refractivity contribution < 1.29 is 0 Å². The average Bonchev–Trinajstić information content (AvgIpc) is 2.65. The number of nitrogens with two attached hydrogens (primary N) is 1. The molecular formula is C9H8N6. The van der Waals surface area contributed by atoms with Crippen molar-refractivity contribution in [3.8, 4) is 17.5 Å². The molecule has 2 aromatic rings. The number of aryl methyl sites for hydroxylation is 1. The quantitative estimate of drug-likeness (QED) is 0.715. The Morgan fingerprint density at radius 2 is 2.27 bits per heavy atom. The molecule has 0 unspecified atom stereocenters. The number of nitrogen functional groups attached to an aromatic ring is 1. The third-order valence-corrected chi connectivity index (χ3v) is 1.90. The molecule has 0 amide bonds. The van der Waals surface area contributed by atoms with E-state index in [9.17, 15) is 0 Å². The van der Waals surface area contributed by atoms with Gasteiger partial charge in [0.25, 0.3) is 0 Å². The molecule has 0 aromatic carbocycles. The lowest BCUT2D eigenvalue weighted by molar-refractivity contribution is 0.768. The highest BCUT2D eigenvalue weighted by Crippen LogP contribution is 2.15. The average molecular weight is 200 g/mol. The van der Waals surface area contributed by atoms with E-state index in [-0.39, 0.29) is 11.4 Å². The largest absolute Gasteiger partial charge is 0.382 e. The first kappa shape index (κ1) is 9.15. The zero-order valence-electron chi connectivity index (χ0n) is 8.05. The Morgan fingerprint density at radius 3 is 2.80 bits per heavy atom. The molecule has 0 aliphatic heterocycles. The molecule has 0 atom stereocenters. The molecule has 0 spiro atoms. The molecule has 15 heavy (non-hydrogen) atoms. The molecule has 0 aliphatic rings. The maximum Gasteiger partial charge on any atom is 0.164 e. The number of aromatic nitrogens is 4. The summed E-state index contributed by atoms with van der Waals surface area (Å²) in [7, 11) is 1.80. The Morgan fingerprint density at radius 1 is 1.47 bits per heavy atom. The van der Waals surface area contributed by atoms with Crippen LogP contribution in [0.15, 0.2) is 18.6 Å². The van der Waals surface area contributed by atoms with Crippen LogP contribution >= 0.6 is 0 Å². The number of rotatable bonds is 1. The predicted octanol–water partition coefficient (Wildman–Crippen LogP) is 0.331. The lowest BCUT2D eigenvalue weighted by atomic mass is 10.3. The molecular weight excluding hydrogens is 192 g/mol. The number of hydrogen-bond acceptors (Lipinski definition) is 5.